The summed E-state index contributed by atoms with van der Waals surface area (Å²) in [6.45, 7) is 0.859. The number of ether oxygens (including phenoxy) is 3. The van der Waals surface area contributed by atoms with E-state index in [1.807, 2.05) is 36.4 Å². The molecule has 3 N–H and O–H groups in total. The van der Waals surface area contributed by atoms with Crippen LogP contribution in [0.25, 0.3) is 0 Å². The molecule has 0 radical (unpaired) electrons. The monoisotopic (exact) mass is 384 g/mol. The first-order chi connectivity index (χ1) is 13.7. The Kier molecular flexibility index (Phi) is 6.62. The van der Waals surface area contributed by atoms with Crippen LogP contribution in [-0.2, 0) is 20.8 Å². The van der Waals surface area contributed by atoms with Crippen molar-refractivity contribution in [2.75, 3.05) is 20.3 Å². The zero-order valence-electron chi connectivity index (χ0n) is 15.7. The molecular weight excluding hydrogens is 360 g/mol. The molecule has 1 aliphatic rings. The van der Waals surface area contributed by atoms with E-state index >= 15 is 0 Å². The summed E-state index contributed by atoms with van der Waals surface area (Å²) in [5.74, 6) is 0.593. The maximum atomic E-state index is 12.3. The summed E-state index contributed by atoms with van der Waals surface area (Å²) in [7, 11) is 1.33. The van der Waals surface area contributed by atoms with Crippen molar-refractivity contribution in [2.45, 2.75) is 25.1 Å². The van der Waals surface area contributed by atoms with Crippen LogP contribution in [0.4, 0.5) is 0 Å². The van der Waals surface area contributed by atoms with E-state index in [1.165, 1.54) is 7.11 Å². The lowest BCUT2D eigenvalue weighted by molar-refractivity contribution is -0.143. The number of esters is 1. The maximum absolute atomic E-state index is 12.3. The lowest BCUT2D eigenvalue weighted by atomic mass is 9.97. The van der Waals surface area contributed by atoms with Crippen molar-refractivity contribution < 1.29 is 24.1 Å². The number of rotatable bonds is 8. The van der Waals surface area contributed by atoms with Gasteiger partial charge in [0.05, 0.1) is 13.7 Å². The van der Waals surface area contributed by atoms with Crippen LogP contribution in [-0.4, -0.2) is 43.3 Å². The summed E-state index contributed by atoms with van der Waals surface area (Å²) < 4.78 is 16.5. The van der Waals surface area contributed by atoms with Crippen molar-refractivity contribution in [1.82, 2.24) is 0 Å². The average Bonchev–Trinajstić information content (AvgIpc) is 3.19. The van der Waals surface area contributed by atoms with E-state index in [0.29, 0.717) is 31.2 Å². The predicted molar refractivity (Wildman–Crippen MR) is 104 cm³/mol. The molecule has 0 amide bonds. The Balaban J connectivity index is 1.83. The molecule has 2 aromatic rings. The van der Waals surface area contributed by atoms with Crippen molar-refractivity contribution in [3.05, 3.63) is 65.2 Å². The molecule has 2 aromatic carbocycles. The summed E-state index contributed by atoms with van der Waals surface area (Å²) in [6, 6.07) is 14.0. The standard InChI is InChI=1S/C21H24N2O5/c1-26-21(25)18-19(17-6-3-2-5-15(17)13-22)28-20(23-18)14-7-9-16(10-8-14)27-12-4-11-24/h2-3,5-10,18-19,24H,4,11-13,22H2,1H3. The number of carbonyl (C=O) groups is 1. The number of aliphatic hydroxyl groups excluding tert-OH is 1. The molecule has 28 heavy (non-hydrogen) atoms. The first kappa shape index (κ1) is 19.9. The highest BCUT2D eigenvalue weighted by molar-refractivity contribution is 5.98. The lowest BCUT2D eigenvalue weighted by Gasteiger charge is -2.19. The minimum Gasteiger partial charge on any atom is -0.494 e. The molecule has 0 saturated heterocycles. The Hall–Kier alpha value is -2.90. The van der Waals surface area contributed by atoms with Gasteiger partial charge in [-0.05, 0) is 35.4 Å². The van der Waals surface area contributed by atoms with Gasteiger partial charge in [0.25, 0.3) is 0 Å². The van der Waals surface area contributed by atoms with Gasteiger partial charge in [0.1, 0.15) is 5.75 Å². The normalized spacial score (nSPS) is 18.3. The summed E-state index contributed by atoms with van der Waals surface area (Å²) >= 11 is 0. The number of nitrogens with two attached hydrogens (primary N) is 1. The van der Waals surface area contributed by atoms with E-state index in [-0.39, 0.29) is 6.61 Å². The van der Waals surface area contributed by atoms with Crippen LogP contribution < -0.4 is 10.5 Å². The molecular formula is C21H24N2O5. The first-order valence-corrected chi connectivity index (χ1v) is 9.12. The SMILES string of the molecule is COC(=O)C1N=C(c2ccc(OCCCO)cc2)OC1c1ccccc1CN. The molecule has 7 nitrogen and oxygen atoms in total. The van der Waals surface area contributed by atoms with Crippen LogP contribution in [0, 0.1) is 0 Å². The van der Waals surface area contributed by atoms with Gasteiger partial charge in [-0.3, -0.25) is 0 Å². The zero-order valence-corrected chi connectivity index (χ0v) is 15.7. The van der Waals surface area contributed by atoms with Gasteiger partial charge in [-0.15, -0.1) is 0 Å². The third-order valence-corrected chi connectivity index (χ3v) is 4.48. The molecule has 2 unspecified atom stereocenters. The summed E-state index contributed by atoms with van der Waals surface area (Å²) in [6.07, 6.45) is -0.0247. The summed E-state index contributed by atoms with van der Waals surface area (Å²) in [4.78, 5) is 16.8. The van der Waals surface area contributed by atoms with Gasteiger partial charge < -0.3 is 25.1 Å². The smallest absolute Gasteiger partial charge is 0.335 e. The van der Waals surface area contributed by atoms with Gasteiger partial charge in [-0.2, -0.15) is 0 Å². The fraction of sp³-hybridized carbons (Fsp3) is 0.333. The zero-order chi connectivity index (χ0) is 19.9. The molecule has 3 rings (SSSR count). The quantitative estimate of drug-likeness (QED) is 0.533. The summed E-state index contributed by atoms with van der Waals surface area (Å²) in [5.41, 5.74) is 8.29. The molecule has 0 fully saturated rings. The van der Waals surface area contributed by atoms with Crippen molar-refractivity contribution in [3.63, 3.8) is 0 Å². The maximum Gasteiger partial charge on any atom is 0.335 e. The number of hydrogen-bond acceptors (Lipinski definition) is 7. The van der Waals surface area contributed by atoms with Gasteiger partial charge in [-0.1, -0.05) is 24.3 Å². The Bertz CT molecular complexity index is 835. The van der Waals surface area contributed by atoms with Crippen LogP contribution in [0.5, 0.6) is 5.75 Å². The fourth-order valence-electron chi connectivity index (χ4n) is 3.03. The number of aliphatic imine (C=N–C) groups is 1. The third-order valence-electron chi connectivity index (χ3n) is 4.48. The second kappa shape index (κ2) is 9.34. The second-order valence-electron chi connectivity index (χ2n) is 6.29. The number of aliphatic hydroxyl groups is 1. The van der Waals surface area contributed by atoms with E-state index in [9.17, 15) is 4.79 Å². The molecule has 0 bridgehead atoms. The van der Waals surface area contributed by atoms with Crippen molar-refractivity contribution in [2.24, 2.45) is 10.7 Å². The number of hydrogen-bond donors (Lipinski definition) is 2. The molecule has 1 heterocycles. The highest BCUT2D eigenvalue weighted by atomic mass is 16.5. The van der Waals surface area contributed by atoms with Crippen LogP contribution in [0.1, 0.15) is 29.2 Å². The second-order valence-corrected chi connectivity index (χ2v) is 6.29. The van der Waals surface area contributed by atoms with Crippen LogP contribution >= 0.6 is 0 Å². The van der Waals surface area contributed by atoms with Crippen LogP contribution in [0.3, 0.4) is 0 Å². The molecule has 7 heteroatoms. The van der Waals surface area contributed by atoms with Gasteiger partial charge >= 0.3 is 5.97 Å². The Morgan fingerprint density at radius 3 is 2.64 bits per heavy atom. The molecule has 148 valence electrons. The van der Waals surface area contributed by atoms with E-state index in [0.717, 1.165) is 16.7 Å². The van der Waals surface area contributed by atoms with Crippen molar-refractivity contribution >= 4 is 11.9 Å². The Morgan fingerprint density at radius 2 is 1.96 bits per heavy atom. The van der Waals surface area contributed by atoms with Crippen LogP contribution in [0.2, 0.25) is 0 Å². The van der Waals surface area contributed by atoms with E-state index in [4.69, 9.17) is 25.1 Å². The summed E-state index contributed by atoms with van der Waals surface area (Å²) in [5, 5.41) is 8.82. The Labute approximate surface area is 163 Å². The minimum absolute atomic E-state index is 0.0866. The number of nitrogens with zero attached hydrogens (tertiary/aromatic N) is 1. The fourth-order valence-corrected chi connectivity index (χ4v) is 3.03. The lowest BCUT2D eigenvalue weighted by Crippen LogP contribution is -2.26. The molecule has 0 spiro atoms. The van der Waals surface area contributed by atoms with Crippen molar-refractivity contribution in [3.8, 4) is 5.75 Å². The van der Waals surface area contributed by atoms with E-state index in [1.54, 1.807) is 12.1 Å². The van der Waals surface area contributed by atoms with Gasteiger partial charge in [0.15, 0.2) is 12.1 Å². The first-order valence-electron chi connectivity index (χ1n) is 9.12. The van der Waals surface area contributed by atoms with E-state index in [2.05, 4.69) is 4.99 Å². The third kappa shape index (κ3) is 4.32. The van der Waals surface area contributed by atoms with Gasteiger partial charge in [0.2, 0.25) is 5.90 Å². The highest BCUT2D eigenvalue weighted by Gasteiger charge is 2.39. The van der Waals surface area contributed by atoms with Gasteiger partial charge in [0, 0.05) is 25.1 Å². The van der Waals surface area contributed by atoms with Crippen LogP contribution in [0.15, 0.2) is 53.5 Å². The van der Waals surface area contributed by atoms with E-state index < -0.39 is 18.1 Å². The average molecular weight is 384 g/mol. The number of carbonyl (C=O) groups excluding carboxylic acids is 1. The van der Waals surface area contributed by atoms with Crippen molar-refractivity contribution in [1.29, 1.82) is 0 Å². The molecule has 1 aliphatic heterocycles. The highest BCUT2D eigenvalue weighted by Crippen LogP contribution is 2.34. The van der Waals surface area contributed by atoms with Gasteiger partial charge in [-0.25, -0.2) is 9.79 Å². The molecule has 0 aromatic heterocycles. The topological polar surface area (TPSA) is 103 Å². The number of methoxy groups -OCH3 is 1. The molecule has 0 saturated carbocycles. The molecule has 2 atom stereocenters. The minimum atomic E-state index is -0.798. The largest absolute Gasteiger partial charge is 0.494 e. The Morgan fingerprint density at radius 1 is 1.21 bits per heavy atom. The number of benzene rings is 2. The molecule has 0 aliphatic carbocycles. The predicted octanol–water partition coefficient (Wildman–Crippen LogP) is 1.97.